The van der Waals surface area contributed by atoms with Crippen molar-refractivity contribution in [2.24, 2.45) is 0 Å². The Bertz CT molecular complexity index is 742. The predicted molar refractivity (Wildman–Crippen MR) is 87.3 cm³/mol. The van der Waals surface area contributed by atoms with E-state index in [1.54, 1.807) is 13.0 Å². The van der Waals surface area contributed by atoms with Crippen LogP contribution in [0.15, 0.2) is 44.3 Å². The number of benzene rings is 1. The monoisotopic (exact) mass is 391 g/mol. The van der Waals surface area contributed by atoms with E-state index < -0.39 is 10.0 Å². The molecule has 0 aliphatic heterocycles. The number of rotatable bonds is 5. The maximum absolute atomic E-state index is 12.8. The molecule has 0 bridgehead atoms. The van der Waals surface area contributed by atoms with Crippen molar-refractivity contribution in [1.29, 1.82) is 0 Å². The van der Waals surface area contributed by atoms with Gasteiger partial charge in [-0.1, -0.05) is 12.1 Å². The van der Waals surface area contributed by atoms with Gasteiger partial charge in [0.2, 0.25) is 0 Å². The van der Waals surface area contributed by atoms with E-state index in [1.165, 1.54) is 10.4 Å². The van der Waals surface area contributed by atoms with Gasteiger partial charge in [0.05, 0.1) is 11.6 Å². The topological polar surface area (TPSA) is 50.5 Å². The molecule has 7 heteroatoms. The molecular formula is C14H15BrClNO3S. The van der Waals surface area contributed by atoms with Gasteiger partial charge in [0.15, 0.2) is 4.67 Å². The van der Waals surface area contributed by atoms with Gasteiger partial charge < -0.3 is 4.42 Å². The Balaban J connectivity index is 2.51. The van der Waals surface area contributed by atoms with Gasteiger partial charge in [-0.2, -0.15) is 0 Å². The molecule has 0 N–H and O–H groups in total. The summed E-state index contributed by atoms with van der Waals surface area (Å²) in [5.41, 5.74) is 1.62. The van der Waals surface area contributed by atoms with Crippen LogP contribution in [0, 0.1) is 6.92 Å². The molecule has 0 aliphatic carbocycles. The van der Waals surface area contributed by atoms with Gasteiger partial charge in [0.25, 0.3) is 10.0 Å². The summed E-state index contributed by atoms with van der Waals surface area (Å²) in [5, 5.41) is 0. The van der Waals surface area contributed by atoms with Crippen molar-refractivity contribution in [2.45, 2.75) is 24.6 Å². The van der Waals surface area contributed by atoms with Gasteiger partial charge in [-0.05, 0) is 47.5 Å². The number of aryl methyl sites for hydroxylation is 1. The summed E-state index contributed by atoms with van der Waals surface area (Å²) in [5.74, 6) is 0.521. The van der Waals surface area contributed by atoms with Gasteiger partial charge >= 0.3 is 0 Å². The van der Waals surface area contributed by atoms with Gasteiger partial charge in [-0.15, -0.1) is 11.6 Å². The Hall–Kier alpha value is -0.980. The molecule has 0 fully saturated rings. The minimum atomic E-state index is -3.71. The third-order valence-electron chi connectivity index (χ3n) is 2.98. The van der Waals surface area contributed by atoms with Crippen LogP contribution in [0.4, 0.5) is 5.69 Å². The highest BCUT2D eigenvalue weighted by atomic mass is 79.9. The zero-order chi connectivity index (χ0) is 15.6. The molecule has 0 atom stereocenters. The van der Waals surface area contributed by atoms with E-state index in [0.717, 1.165) is 5.56 Å². The smallest absolute Gasteiger partial charge is 0.268 e. The standard InChI is InChI=1S/C14H15BrClNO3S/c1-3-17(11-6-4-5-10(2)7-11)21(18,19)13-8-12(9-16)20-14(13)15/h4-8H,3,9H2,1-2H3. The average Bonchev–Trinajstić information content (AvgIpc) is 2.81. The Morgan fingerprint density at radius 1 is 1.33 bits per heavy atom. The van der Waals surface area contributed by atoms with E-state index in [1.807, 2.05) is 25.1 Å². The van der Waals surface area contributed by atoms with E-state index >= 15 is 0 Å². The molecule has 1 aromatic heterocycles. The van der Waals surface area contributed by atoms with E-state index in [9.17, 15) is 8.42 Å². The fraction of sp³-hybridized carbons (Fsp3) is 0.286. The van der Waals surface area contributed by atoms with Crippen molar-refractivity contribution in [3.63, 3.8) is 0 Å². The van der Waals surface area contributed by atoms with Gasteiger partial charge in [-0.3, -0.25) is 4.31 Å². The lowest BCUT2D eigenvalue weighted by molar-refractivity contribution is 0.498. The van der Waals surface area contributed by atoms with Crippen molar-refractivity contribution < 1.29 is 12.8 Å². The zero-order valence-corrected chi connectivity index (χ0v) is 14.8. The maximum atomic E-state index is 12.8. The molecule has 21 heavy (non-hydrogen) atoms. The molecule has 114 valence electrons. The number of alkyl halides is 1. The van der Waals surface area contributed by atoms with E-state index in [0.29, 0.717) is 18.0 Å². The number of hydrogen-bond donors (Lipinski definition) is 0. The largest absolute Gasteiger partial charge is 0.452 e. The molecule has 1 aromatic carbocycles. The molecule has 2 rings (SSSR count). The SMILES string of the molecule is CCN(c1cccc(C)c1)S(=O)(=O)c1cc(CCl)oc1Br. The molecule has 1 heterocycles. The summed E-state index contributed by atoms with van der Waals surface area (Å²) in [6, 6.07) is 8.80. The van der Waals surface area contributed by atoms with Crippen LogP contribution >= 0.6 is 27.5 Å². The second-order valence-electron chi connectivity index (χ2n) is 4.49. The Labute approximate surface area is 137 Å². The van der Waals surface area contributed by atoms with Crippen molar-refractivity contribution in [3.8, 4) is 0 Å². The molecule has 2 aromatic rings. The van der Waals surface area contributed by atoms with Crippen LogP contribution in [-0.2, 0) is 15.9 Å². The fourth-order valence-corrected chi connectivity index (χ4v) is 4.59. The van der Waals surface area contributed by atoms with Crippen LogP contribution < -0.4 is 4.31 Å². The Kier molecular flexibility index (Phi) is 5.01. The predicted octanol–water partition coefficient (Wildman–Crippen LogP) is 4.30. The van der Waals surface area contributed by atoms with Crippen LogP contribution in [0.25, 0.3) is 0 Å². The van der Waals surface area contributed by atoms with Crippen LogP contribution in [0.3, 0.4) is 0 Å². The summed E-state index contributed by atoms with van der Waals surface area (Å²) in [7, 11) is -3.71. The molecule has 0 spiro atoms. The lowest BCUT2D eigenvalue weighted by Gasteiger charge is -2.22. The van der Waals surface area contributed by atoms with E-state index in [2.05, 4.69) is 15.9 Å². The zero-order valence-electron chi connectivity index (χ0n) is 11.6. The van der Waals surface area contributed by atoms with E-state index in [-0.39, 0.29) is 15.4 Å². The average molecular weight is 393 g/mol. The number of furan rings is 1. The van der Waals surface area contributed by atoms with Crippen molar-refractivity contribution in [1.82, 2.24) is 0 Å². The first-order chi connectivity index (χ1) is 9.90. The highest BCUT2D eigenvalue weighted by Crippen LogP contribution is 2.32. The Morgan fingerprint density at radius 3 is 2.57 bits per heavy atom. The van der Waals surface area contributed by atoms with E-state index in [4.69, 9.17) is 16.0 Å². The molecule has 0 radical (unpaired) electrons. The summed E-state index contributed by atoms with van der Waals surface area (Å²) < 4.78 is 32.4. The number of anilines is 1. The lowest BCUT2D eigenvalue weighted by Crippen LogP contribution is -2.30. The minimum absolute atomic E-state index is 0.0847. The summed E-state index contributed by atoms with van der Waals surface area (Å²) >= 11 is 8.84. The molecule has 0 unspecified atom stereocenters. The van der Waals surface area contributed by atoms with Crippen LogP contribution in [0.5, 0.6) is 0 Å². The first-order valence-corrected chi connectivity index (χ1v) is 9.10. The molecule has 4 nitrogen and oxygen atoms in total. The van der Waals surface area contributed by atoms with Gasteiger partial charge in [0.1, 0.15) is 10.7 Å². The van der Waals surface area contributed by atoms with Crippen molar-refractivity contribution >= 4 is 43.2 Å². The summed E-state index contributed by atoms with van der Waals surface area (Å²) in [6.07, 6.45) is 0. The number of hydrogen-bond acceptors (Lipinski definition) is 3. The molecule has 0 saturated carbocycles. The normalized spacial score (nSPS) is 11.6. The minimum Gasteiger partial charge on any atom is -0.452 e. The maximum Gasteiger partial charge on any atom is 0.268 e. The third-order valence-corrected chi connectivity index (χ3v) is 6.01. The van der Waals surface area contributed by atoms with Crippen LogP contribution in [0.1, 0.15) is 18.2 Å². The van der Waals surface area contributed by atoms with Gasteiger partial charge in [0, 0.05) is 12.6 Å². The fourth-order valence-electron chi connectivity index (χ4n) is 2.03. The Morgan fingerprint density at radius 2 is 2.05 bits per heavy atom. The van der Waals surface area contributed by atoms with Crippen molar-refractivity contribution in [3.05, 3.63) is 46.3 Å². The molecular weight excluding hydrogens is 378 g/mol. The summed E-state index contributed by atoms with van der Waals surface area (Å²) in [6.45, 7) is 4.03. The van der Waals surface area contributed by atoms with Crippen LogP contribution in [0.2, 0.25) is 0 Å². The van der Waals surface area contributed by atoms with Gasteiger partial charge in [-0.25, -0.2) is 8.42 Å². The second kappa shape index (κ2) is 6.42. The quantitative estimate of drug-likeness (QED) is 0.713. The molecule has 0 aliphatic rings. The molecule has 0 saturated heterocycles. The highest BCUT2D eigenvalue weighted by molar-refractivity contribution is 9.10. The lowest BCUT2D eigenvalue weighted by atomic mass is 10.2. The number of halogens is 2. The third kappa shape index (κ3) is 3.27. The number of sulfonamides is 1. The highest BCUT2D eigenvalue weighted by Gasteiger charge is 2.29. The number of nitrogens with zero attached hydrogens (tertiary/aromatic N) is 1. The first-order valence-electron chi connectivity index (χ1n) is 6.33. The molecule has 0 amide bonds. The first kappa shape index (κ1) is 16.4. The summed E-state index contributed by atoms with van der Waals surface area (Å²) in [4.78, 5) is 0.0847. The van der Waals surface area contributed by atoms with Crippen LogP contribution in [-0.4, -0.2) is 15.0 Å². The second-order valence-corrected chi connectivity index (χ2v) is 7.31. The van der Waals surface area contributed by atoms with Crippen molar-refractivity contribution in [2.75, 3.05) is 10.8 Å².